The molecule has 8 heteroatoms. The smallest absolute Gasteiger partial charge is 0.276 e. The molecule has 0 spiro atoms. The number of carbonyl (C=O) groups is 1. The highest BCUT2D eigenvalue weighted by molar-refractivity contribution is 7.80. The van der Waals surface area contributed by atoms with Crippen LogP contribution in [0.5, 0.6) is 0 Å². The lowest BCUT2D eigenvalue weighted by Gasteiger charge is -2.33. The number of rotatable bonds is 3. The summed E-state index contributed by atoms with van der Waals surface area (Å²) in [4.78, 5) is 16.3. The molecule has 7 nitrogen and oxygen atoms in total. The monoisotopic (exact) mass is 254 g/mol. The summed E-state index contributed by atoms with van der Waals surface area (Å²) in [5.74, 6) is -0.0891. The number of hydrogen-bond acceptors (Lipinski definition) is 5. The van der Waals surface area contributed by atoms with E-state index in [4.69, 9.17) is 18.0 Å². The topological polar surface area (TPSA) is 91.1 Å². The van der Waals surface area contributed by atoms with E-state index in [0.29, 0.717) is 30.3 Å². The van der Waals surface area contributed by atoms with E-state index in [0.717, 1.165) is 13.1 Å². The lowest BCUT2D eigenvalue weighted by Crippen LogP contribution is -2.50. The molecule has 1 amide bonds. The molecule has 0 aromatic carbocycles. The van der Waals surface area contributed by atoms with Crippen LogP contribution >= 0.6 is 12.2 Å². The van der Waals surface area contributed by atoms with Crippen LogP contribution in [0.15, 0.2) is 6.20 Å². The second-order valence-corrected chi connectivity index (χ2v) is 4.41. The van der Waals surface area contributed by atoms with Gasteiger partial charge in [-0.15, -0.1) is 0 Å². The summed E-state index contributed by atoms with van der Waals surface area (Å²) < 4.78 is 0. The van der Waals surface area contributed by atoms with Gasteiger partial charge in [0.25, 0.3) is 5.91 Å². The minimum absolute atomic E-state index is 0.0891. The molecule has 92 valence electrons. The van der Waals surface area contributed by atoms with E-state index in [9.17, 15) is 4.79 Å². The highest BCUT2D eigenvalue weighted by atomic mass is 32.1. The highest BCUT2D eigenvalue weighted by Gasteiger charge is 2.23. The maximum absolute atomic E-state index is 11.9. The number of nitrogens with one attached hydrogen (secondary N) is 1. The van der Waals surface area contributed by atoms with Crippen molar-refractivity contribution in [1.29, 1.82) is 0 Å². The van der Waals surface area contributed by atoms with Gasteiger partial charge in [0.15, 0.2) is 5.69 Å². The average molecular weight is 254 g/mol. The van der Waals surface area contributed by atoms with E-state index in [1.54, 1.807) is 4.90 Å². The van der Waals surface area contributed by atoms with Gasteiger partial charge in [-0.05, 0) is 0 Å². The summed E-state index contributed by atoms with van der Waals surface area (Å²) in [7, 11) is 0. The number of piperazine rings is 1. The Morgan fingerprint density at radius 1 is 1.47 bits per heavy atom. The van der Waals surface area contributed by atoms with Gasteiger partial charge >= 0.3 is 0 Å². The van der Waals surface area contributed by atoms with Crippen molar-refractivity contribution in [1.82, 2.24) is 25.2 Å². The molecule has 0 radical (unpaired) electrons. The lowest BCUT2D eigenvalue weighted by molar-refractivity contribution is 0.0648. The maximum Gasteiger partial charge on any atom is 0.276 e. The van der Waals surface area contributed by atoms with Crippen molar-refractivity contribution >= 4 is 23.1 Å². The van der Waals surface area contributed by atoms with Crippen molar-refractivity contribution in [3.8, 4) is 0 Å². The van der Waals surface area contributed by atoms with E-state index < -0.39 is 0 Å². The van der Waals surface area contributed by atoms with E-state index in [-0.39, 0.29) is 5.91 Å². The fraction of sp³-hybridized carbons (Fsp3) is 0.556. The fourth-order valence-electron chi connectivity index (χ4n) is 1.80. The number of carbonyl (C=O) groups excluding carboxylic acids is 1. The lowest BCUT2D eigenvalue weighted by atomic mass is 10.3. The molecule has 0 aliphatic carbocycles. The van der Waals surface area contributed by atoms with Crippen LogP contribution in [-0.4, -0.2) is 68.8 Å². The Labute approximate surface area is 104 Å². The Balaban J connectivity index is 1.87. The Morgan fingerprint density at radius 3 is 2.71 bits per heavy atom. The zero-order valence-corrected chi connectivity index (χ0v) is 10.1. The third-order valence-corrected chi connectivity index (χ3v) is 2.80. The van der Waals surface area contributed by atoms with Crippen LogP contribution in [0.25, 0.3) is 0 Å². The van der Waals surface area contributed by atoms with Crippen molar-refractivity contribution in [2.45, 2.75) is 0 Å². The molecule has 1 aliphatic rings. The van der Waals surface area contributed by atoms with Crippen LogP contribution in [0.3, 0.4) is 0 Å². The van der Waals surface area contributed by atoms with Gasteiger partial charge in [0.2, 0.25) is 0 Å². The van der Waals surface area contributed by atoms with Gasteiger partial charge in [-0.25, -0.2) is 0 Å². The minimum Gasteiger partial charge on any atom is -0.392 e. The number of H-pyrrole nitrogens is 1. The summed E-state index contributed by atoms with van der Waals surface area (Å²) in [5.41, 5.74) is 5.84. The number of nitrogens with zero attached hydrogens (tertiary/aromatic N) is 4. The molecule has 1 aliphatic heterocycles. The predicted octanol–water partition coefficient (Wildman–Crippen LogP) is -1.15. The molecular formula is C9H14N6OS. The number of hydrogen-bond donors (Lipinski definition) is 2. The number of thiocarbonyl (C=S) groups is 1. The van der Waals surface area contributed by atoms with Crippen LogP contribution in [0.1, 0.15) is 10.5 Å². The van der Waals surface area contributed by atoms with Crippen molar-refractivity contribution in [3.63, 3.8) is 0 Å². The SMILES string of the molecule is NC(=S)CN1CCN(C(=O)c2cn[nH]n2)CC1. The van der Waals surface area contributed by atoms with E-state index in [1.807, 2.05) is 0 Å². The molecule has 17 heavy (non-hydrogen) atoms. The van der Waals surface area contributed by atoms with Crippen molar-refractivity contribution in [2.24, 2.45) is 5.73 Å². The summed E-state index contributed by atoms with van der Waals surface area (Å²) in [6, 6.07) is 0. The van der Waals surface area contributed by atoms with Crippen LogP contribution in [0.4, 0.5) is 0 Å². The van der Waals surface area contributed by atoms with E-state index >= 15 is 0 Å². The zero-order chi connectivity index (χ0) is 12.3. The third kappa shape index (κ3) is 2.98. The maximum atomic E-state index is 11.9. The van der Waals surface area contributed by atoms with Gasteiger partial charge in [-0.1, -0.05) is 12.2 Å². The number of aromatic nitrogens is 3. The van der Waals surface area contributed by atoms with Crippen LogP contribution in [0.2, 0.25) is 0 Å². The van der Waals surface area contributed by atoms with Crippen molar-refractivity contribution in [3.05, 3.63) is 11.9 Å². The first-order valence-corrected chi connectivity index (χ1v) is 5.73. The molecule has 1 aromatic rings. The average Bonchev–Trinajstić information content (AvgIpc) is 2.82. The minimum atomic E-state index is -0.0891. The zero-order valence-electron chi connectivity index (χ0n) is 9.30. The summed E-state index contributed by atoms with van der Waals surface area (Å²) >= 11 is 4.86. The van der Waals surface area contributed by atoms with Crippen LogP contribution < -0.4 is 5.73 Å². The molecule has 1 aromatic heterocycles. The van der Waals surface area contributed by atoms with Crippen LogP contribution in [0, 0.1) is 0 Å². The highest BCUT2D eigenvalue weighted by Crippen LogP contribution is 2.05. The molecule has 1 saturated heterocycles. The first-order valence-electron chi connectivity index (χ1n) is 5.32. The molecule has 1 fully saturated rings. The normalized spacial score (nSPS) is 17.1. The molecule has 2 rings (SSSR count). The van der Waals surface area contributed by atoms with E-state index in [2.05, 4.69) is 20.3 Å². The number of amides is 1. The molecule has 0 bridgehead atoms. The molecule has 0 unspecified atom stereocenters. The molecule has 3 N–H and O–H groups in total. The molecular weight excluding hydrogens is 240 g/mol. The number of aromatic amines is 1. The summed E-state index contributed by atoms with van der Waals surface area (Å²) in [5, 5.41) is 9.83. The van der Waals surface area contributed by atoms with Crippen LogP contribution in [-0.2, 0) is 0 Å². The van der Waals surface area contributed by atoms with E-state index in [1.165, 1.54) is 6.20 Å². The summed E-state index contributed by atoms with van der Waals surface area (Å²) in [6.07, 6.45) is 1.43. The second kappa shape index (κ2) is 5.19. The largest absolute Gasteiger partial charge is 0.392 e. The predicted molar refractivity (Wildman–Crippen MR) is 65.5 cm³/mol. The fourth-order valence-corrected chi connectivity index (χ4v) is 1.98. The first kappa shape index (κ1) is 11.9. The van der Waals surface area contributed by atoms with Gasteiger partial charge in [0.1, 0.15) is 0 Å². The Morgan fingerprint density at radius 2 is 2.18 bits per heavy atom. The van der Waals surface area contributed by atoms with Crippen molar-refractivity contribution < 1.29 is 4.79 Å². The van der Waals surface area contributed by atoms with Crippen molar-refractivity contribution in [2.75, 3.05) is 32.7 Å². The van der Waals surface area contributed by atoms with Gasteiger partial charge in [-0.2, -0.15) is 15.4 Å². The first-order chi connectivity index (χ1) is 8.16. The Bertz CT molecular complexity index is 398. The Kier molecular flexibility index (Phi) is 3.64. The van der Waals surface area contributed by atoms with Gasteiger partial charge in [-0.3, -0.25) is 9.69 Å². The molecule has 2 heterocycles. The quantitative estimate of drug-likeness (QED) is 0.662. The Hall–Kier alpha value is -1.54. The standard InChI is InChI=1S/C9H14N6OS/c10-8(17)6-14-1-3-15(4-2-14)9(16)7-5-11-13-12-7/h5H,1-4,6H2,(H2,10,17)(H,11,12,13). The molecule has 0 saturated carbocycles. The van der Waals surface area contributed by atoms with Gasteiger partial charge in [0, 0.05) is 32.7 Å². The van der Waals surface area contributed by atoms with Gasteiger partial charge < -0.3 is 10.6 Å². The number of nitrogens with two attached hydrogens (primary N) is 1. The summed E-state index contributed by atoms with van der Waals surface area (Å²) in [6.45, 7) is 3.49. The van der Waals surface area contributed by atoms with Gasteiger partial charge in [0.05, 0.1) is 11.2 Å². The molecule has 0 atom stereocenters. The second-order valence-electron chi connectivity index (χ2n) is 3.89. The third-order valence-electron chi connectivity index (χ3n) is 2.67.